The first-order valence-electron chi connectivity index (χ1n) is 7.23. The molecule has 0 radical (unpaired) electrons. The van der Waals surface area contributed by atoms with Crippen LogP contribution >= 0.6 is 48.0 Å². The summed E-state index contributed by atoms with van der Waals surface area (Å²) in [5, 5.41) is 9.39. The number of hydrogen-bond acceptors (Lipinski definition) is 6. The van der Waals surface area contributed by atoms with Gasteiger partial charge in [0.15, 0.2) is 5.78 Å². The molecule has 0 saturated carbocycles. The molecule has 1 N–H and O–H groups in total. The highest BCUT2D eigenvalue weighted by molar-refractivity contribution is 8.23. The average molecular weight is 403 g/mol. The Balaban J connectivity index is 2.82. The molecule has 132 valence electrons. The fourth-order valence-corrected chi connectivity index (χ4v) is 3.96. The number of carbonyl (C=O) groups excluding carboxylic acids is 1. The van der Waals surface area contributed by atoms with E-state index < -0.39 is 0 Å². The van der Waals surface area contributed by atoms with E-state index in [1.165, 1.54) is 35.7 Å². The van der Waals surface area contributed by atoms with Gasteiger partial charge < -0.3 is 14.9 Å². The van der Waals surface area contributed by atoms with Gasteiger partial charge in [0.2, 0.25) is 0 Å². The molecule has 24 heavy (non-hydrogen) atoms. The first-order valence-corrected chi connectivity index (χ1v) is 10.0. The summed E-state index contributed by atoms with van der Waals surface area (Å²) in [5.41, 5.74) is 0.588. The van der Waals surface area contributed by atoms with Crippen LogP contribution in [0.15, 0.2) is 24.3 Å². The molecule has 1 aromatic rings. The lowest BCUT2D eigenvalue weighted by Gasteiger charge is -2.20. The SMILES string of the molecule is CN(C)C(=S)SCC(CSC(=S)N(C)C)C(=O)c1ccc(O)cc1. The summed E-state index contributed by atoms with van der Waals surface area (Å²) in [6.45, 7) is 0. The fourth-order valence-electron chi connectivity index (χ4n) is 1.66. The Labute approximate surface area is 163 Å². The lowest BCUT2D eigenvalue weighted by Crippen LogP contribution is -2.25. The second-order valence-corrected chi connectivity index (χ2v) is 8.86. The second-order valence-electron chi connectivity index (χ2n) is 5.55. The molecule has 1 rings (SSSR count). The number of phenolic OH excluding ortho intramolecular Hbond substituents is 1. The Hall–Kier alpha value is -0.830. The van der Waals surface area contributed by atoms with Crippen molar-refractivity contribution in [2.24, 2.45) is 5.92 Å². The Kier molecular flexibility index (Phi) is 9.04. The van der Waals surface area contributed by atoms with Crippen LogP contribution in [0.3, 0.4) is 0 Å². The van der Waals surface area contributed by atoms with Crippen LogP contribution in [0.1, 0.15) is 10.4 Å². The lowest BCUT2D eigenvalue weighted by molar-refractivity contribution is 0.0944. The van der Waals surface area contributed by atoms with Crippen molar-refractivity contribution in [3.8, 4) is 5.75 Å². The number of benzene rings is 1. The van der Waals surface area contributed by atoms with Crippen LogP contribution in [-0.4, -0.2) is 69.0 Å². The van der Waals surface area contributed by atoms with Crippen molar-refractivity contribution in [1.82, 2.24) is 9.80 Å². The van der Waals surface area contributed by atoms with Crippen LogP contribution in [-0.2, 0) is 0 Å². The molecular formula is C16H22N2O2S4. The van der Waals surface area contributed by atoms with Crippen molar-refractivity contribution in [2.75, 3.05) is 39.7 Å². The molecular weight excluding hydrogens is 380 g/mol. The predicted octanol–water partition coefficient (Wildman–Crippen LogP) is 3.35. The van der Waals surface area contributed by atoms with Crippen LogP contribution in [0.5, 0.6) is 5.75 Å². The summed E-state index contributed by atoms with van der Waals surface area (Å²) in [6.07, 6.45) is 0. The summed E-state index contributed by atoms with van der Waals surface area (Å²) in [7, 11) is 7.56. The van der Waals surface area contributed by atoms with Crippen LogP contribution in [0.25, 0.3) is 0 Å². The molecule has 0 atom stereocenters. The van der Waals surface area contributed by atoms with Crippen LogP contribution in [0.4, 0.5) is 0 Å². The third-order valence-electron chi connectivity index (χ3n) is 3.07. The van der Waals surface area contributed by atoms with Gasteiger partial charge in [-0.2, -0.15) is 0 Å². The monoisotopic (exact) mass is 402 g/mol. The number of Topliss-reactive ketones (excluding diaryl/α,β-unsaturated/α-hetero) is 1. The standard InChI is InChI=1S/C16H22N2O2S4/c1-17(2)15(21)23-9-12(10-24-16(22)18(3)4)14(20)11-5-7-13(19)8-6-11/h5-8,12,19H,9-10H2,1-4H3. The van der Waals surface area contributed by atoms with Gasteiger partial charge in [-0.3, -0.25) is 4.79 Å². The van der Waals surface area contributed by atoms with Gasteiger partial charge in [-0.15, -0.1) is 0 Å². The van der Waals surface area contributed by atoms with Crippen LogP contribution in [0.2, 0.25) is 0 Å². The zero-order valence-corrected chi connectivity index (χ0v) is 17.4. The second kappa shape index (κ2) is 10.2. The maximum atomic E-state index is 12.8. The van der Waals surface area contributed by atoms with Gasteiger partial charge in [-0.1, -0.05) is 48.0 Å². The van der Waals surface area contributed by atoms with E-state index >= 15 is 0 Å². The van der Waals surface area contributed by atoms with Crippen LogP contribution < -0.4 is 0 Å². The molecule has 0 fully saturated rings. The molecule has 0 bridgehead atoms. The van der Waals surface area contributed by atoms with Gasteiger partial charge >= 0.3 is 0 Å². The summed E-state index contributed by atoms with van der Waals surface area (Å²) < 4.78 is 1.50. The van der Waals surface area contributed by atoms with Crippen LogP contribution in [0, 0.1) is 5.92 Å². The largest absolute Gasteiger partial charge is 0.508 e. The molecule has 0 heterocycles. The van der Waals surface area contributed by atoms with Crippen molar-refractivity contribution in [3.63, 3.8) is 0 Å². The van der Waals surface area contributed by atoms with Crippen molar-refractivity contribution < 1.29 is 9.90 Å². The number of thiocarbonyl (C=S) groups is 2. The first kappa shape index (κ1) is 21.2. The third kappa shape index (κ3) is 6.96. The van der Waals surface area contributed by atoms with Gasteiger partial charge in [0.25, 0.3) is 0 Å². The van der Waals surface area contributed by atoms with E-state index in [0.29, 0.717) is 17.1 Å². The molecule has 0 spiro atoms. The van der Waals surface area contributed by atoms with Gasteiger partial charge in [0, 0.05) is 51.2 Å². The zero-order chi connectivity index (χ0) is 18.3. The molecule has 0 aliphatic heterocycles. The lowest BCUT2D eigenvalue weighted by atomic mass is 10.0. The number of aromatic hydroxyl groups is 1. The molecule has 4 nitrogen and oxygen atoms in total. The number of carbonyl (C=O) groups is 1. The summed E-state index contributed by atoms with van der Waals surface area (Å²) in [4.78, 5) is 16.5. The molecule has 0 aliphatic carbocycles. The molecule has 1 aromatic carbocycles. The predicted molar refractivity (Wildman–Crippen MR) is 113 cm³/mol. The van der Waals surface area contributed by atoms with Gasteiger partial charge in [-0.05, 0) is 24.3 Å². The third-order valence-corrected chi connectivity index (χ3v) is 6.87. The van der Waals surface area contributed by atoms with Crippen molar-refractivity contribution in [3.05, 3.63) is 29.8 Å². The van der Waals surface area contributed by atoms with Crippen molar-refractivity contribution in [1.29, 1.82) is 0 Å². The number of ketones is 1. The van der Waals surface area contributed by atoms with E-state index in [0.717, 1.165) is 8.64 Å². The minimum absolute atomic E-state index is 0.0399. The van der Waals surface area contributed by atoms with Gasteiger partial charge in [0.1, 0.15) is 14.4 Å². The number of phenols is 1. The summed E-state index contributed by atoms with van der Waals surface area (Å²) >= 11 is 13.6. The van der Waals surface area contributed by atoms with Crippen molar-refractivity contribution >= 4 is 62.4 Å². The minimum atomic E-state index is -0.208. The van der Waals surface area contributed by atoms with E-state index in [1.807, 2.05) is 38.0 Å². The van der Waals surface area contributed by atoms with E-state index in [-0.39, 0.29) is 17.5 Å². The topological polar surface area (TPSA) is 43.8 Å². The Morgan fingerprint density at radius 3 is 1.79 bits per heavy atom. The van der Waals surface area contributed by atoms with Gasteiger partial charge in [-0.25, -0.2) is 0 Å². The van der Waals surface area contributed by atoms with E-state index in [4.69, 9.17) is 24.4 Å². The molecule has 0 aliphatic rings. The Morgan fingerprint density at radius 1 is 1.00 bits per heavy atom. The molecule has 0 saturated heterocycles. The number of thioether (sulfide) groups is 2. The molecule has 0 unspecified atom stereocenters. The first-order chi connectivity index (χ1) is 11.2. The Morgan fingerprint density at radius 2 is 1.42 bits per heavy atom. The molecule has 0 aromatic heterocycles. The zero-order valence-electron chi connectivity index (χ0n) is 14.2. The highest BCUT2D eigenvalue weighted by Gasteiger charge is 2.22. The average Bonchev–Trinajstić information content (AvgIpc) is 2.54. The van der Waals surface area contributed by atoms with Gasteiger partial charge in [0.05, 0.1) is 0 Å². The van der Waals surface area contributed by atoms with E-state index in [9.17, 15) is 9.90 Å². The quantitative estimate of drug-likeness (QED) is 0.574. The van der Waals surface area contributed by atoms with E-state index in [1.54, 1.807) is 12.1 Å². The smallest absolute Gasteiger partial charge is 0.167 e. The maximum Gasteiger partial charge on any atom is 0.167 e. The fraction of sp³-hybridized carbons (Fsp3) is 0.438. The number of hydrogen-bond donors (Lipinski definition) is 1. The highest BCUT2D eigenvalue weighted by atomic mass is 32.2. The normalized spacial score (nSPS) is 10.5. The number of nitrogens with zero attached hydrogens (tertiary/aromatic N) is 2. The summed E-state index contributed by atoms with van der Waals surface area (Å²) in [6, 6.07) is 6.35. The Bertz CT molecular complexity index is 564. The molecule has 0 amide bonds. The van der Waals surface area contributed by atoms with E-state index in [2.05, 4.69) is 0 Å². The van der Waals surface area contributed by atoms with Crippen molar-refractivity contribution in [2.45, 2.75) is 0 Å². The minimum Gasteiger partial charge on any atom is -0.508 e. The summed E-state index contributed by atoms with van der Waals surface area (Å²) in [5.74, 6) is 1.17. The number of rotatable bonds is 6. The molecule has 8 heteroatoms. The highest BCUT2D eigenvalue weighted by Crippen LogP contribution is 2.23. The maximum absolute atomic E-state index is 12.8.